The molecule has 0 spiro atoms. The molecule has 0 aliphatic carbocycles. The van der Waals surface area contributed by atoms with Crippen LogP contribution in [0.1, 0.15) is 42.9 Å². The second-order valence-electron chi connectivity index (χ2n) is 7.98. The number of carbonyl (C=O) groups excluding carboxylic acids is 2. The lowest BCUT2D eigenvalue weighted by Crippen LogP contribution is -2.45. The van der Waals surface area contributed by atoms with Crippen LogP contribution in [0.25, 0.3) is 0 Å². The third-order valence-electron chi connectivity index (χ3n) is 5.92. The van der Waals surface area contributed by atoms with Crippen LogP contribution in [0.15, 0.2) is 18.2 Å². The Balaban J connectivity index is 1.70. The Kier molecular flexibility index (Phi) is 7.89. The summed E-state index contributed by atoms with van der Waals surface area (Å²) in [6.45, 7) is 4.30. The summed E-state index contributed by atoms with van der Waals surface area (Å²) in [5.74, 6) is -1.19. The van der Waals surface area contributed by atoms with Gasteiger partial charge >= 0.3 is 11.8 Å². The molecule has 2 N–H and O–H groups in total. The fraction of sp³-hybridized carbons (Fsp3) is 0.636. The number of hydrogen-bond acceptors (Lipinski definition) is 5. The lowest BCUT2D eigenvalue weighted by molar-refractivity contribution is -0.139. The molecule has 160 valence electrons. The van der Waals surface area contributed by atoms with Crippen molar-refractivity contribution < 1.29 is 14.3 Å². The Hall–Kier alpha value is -2.12. The number of anilines is 1. The number of aryl methyl sites for hydroxylation is 1. The van der Waals surface area contributed by atoms with Crippen LogP contribution in [0.2, 0.25) is 0 Å². The van der Waals surface area contributed by atoms with E-state index in [0.717, 1.165) is 26.1 Å². The van der Waals surface area contributed by atoms with Gasteiger partial charge in [0.2, 0.25) is 0 Å². The fourth-order valence-electron chi connectivity index (χ4n) is 4.32. The van der Waals surface area contributed by atoms with Crippen molar-refractivity contribution in [2.45, 2.75) is 38.1 Å². The number of fused-ring (bicyclic) bond motifs is 1. The van der Waals surface area contributed by atoms with Crippen LogP contribution in [0.5, 0.6) is 0 Å². The maximum absolute atomic E-state index is 12.2. The zero-order valence-electron chi connectivity index (χ0n) is 17.7. The molecule has 2 aliphatic rings. The summed E-state index contributed by atoms with van der Waals surface area (Å²) in [5.41, 5.74) is 3.90. The van der Waals surface area contributed by atoms with Crippen LogP contribution in [0.4, 0.5) is 5.69 Å². The van der Waals surface area contributed by atoms with Gasteiger partial charge in [0, 0.05) is 39.5 Å². The number of methoxy groups -OCH3 is 1. The van der Waals surface area contributed by atoms with Crippen LogP contribution in [-0.4, -0.2) is 70.2 Å². The summed E-state index contributed by atoms with van der Waals surface area (Å²) in [7, 11) is 3.70. The number of carbonyl (C=O) groups is 2. The van der Waals surface area contributed by atoms with Gasteiger partial charge in [-0.3, -0.25) is 14.5 Å². The van der Waals surface area contributed by atoms with Crippen molar-refractivity contribution in [3.05, 3.63) is 29.3 Å². The molecule has 2 aliphatic heterocycles. The van der Waals surface area contributed by atoms with Crippen LogP contribution in [0.3, 0.4) is 0 Å². The first-order valence-electron chi connectivity index (χ1n) is 10.7. The molecule has 1 saturated heterocycles. The van der Waals surface area contributed by atoms with Gasteiger partial charge in [-0.05, 0) is 56.0 Å². The zero-order chi connectivity index (χ0) is 20.6. The number of piperidine rings is 1. The number of likely N-dealkylation sites (tertiary alicyclic amines) is 1. The molecule has 0 aromatic heterocycles. The Morgan fingerprint density at radius 1 is 1.07 bits per heavy atom. The average molecular weight is 403 g/mol. The number of amides is 2. The zero-order valence-corrected chi connectivity index (χ0v) is 17.7. The van der Waals surface area contributed by atoms with Crippen LogP contribution in [-0.2, 0) is 20.7 Å². The van der Waals surface area contributed by atoms with E-state index in [-0.39, 0.29) is 6.04 Å². The van der Waals surface area contributed by atoms with Gasteiger partial charge in [-0.2, -0.15) is 0 Å². The van der Waals surface area contributed by atoms with Gasteiger partial charge in [-0.15, -0.1) is 0 Å². The largest absolute Gasteiger partial charge is 0.383 e. The van der Waals surface area contributed by atoms with Crippen LogP contribution in [0, 0.1) is 0 Å². The van der Waals surface area contributed by atoms with Gasteiger partial charge < -0.3 is 20.3 Å². The standard InChI is InChI=1S/C22H34N4O3/c1-25-11-6-7-17-15-18(8-9-19(17)25)20(26-12-4-3-5-13-26)16-24-22(28)21(27)23-10-14-29-2/h8-9,15,20H,3-7,10-14,16H2,1-2H3,(H,23,27)(H,24,28)/t20-/m0/s1. The molecule has 29 heavy (non-hydrogen) atoms. The van der Waals surface area contributed by atoms with Crippen molar-refractivity contribution >= 4 is 17.5 Å². The topological polar surface area (TPSA) is 73.9 Å². The monoisotopic (exact) mass is 402 g/mol. The van der Waals surface area contributed by atoms with E-state index in [4.69, 9.17) is 4.74 Å². The predicted octanol–water partition coefficient (Wildman–Crippen LogP) is 1.47. The van der Waals surface area contributed by atoms with E-state index < -0.39 is 11.8 Å². The van der Waals surface area contributed by atoms with E-state index in [2.05, 4.69) is 45.7 Å². The minimum atomic E-state index is -0.605. The molecule has 2 amide bonds. The highest BCUT2D eigenvalue weighted by Gasteiger charge is 2.25. The minimum absolute atomic E-state index is 0.0866. The number of benzene rings is 1. The average Bonchev–Trinajstić information content (AvgIpc) is 2.74. The highest BCUT2D eigenvalue weighted by molar-refractivity contribution is 6.35. The smallest absolute Gasteiger partial charge is 0.309 e. The third kappa shape index (κ3) is 5.70. The van der Waals surface area contributed by atoms with Crippen molar-refractivity contribution in [1.29, 1.82) is 0 Å². The van der Waals surface area contributed by atoms with Gasteiger partial charge in [-0.1, -0.05) is 18.6 Å². The Labute approximate surface area is 173 Å². The molecule has 0 saturated carbocycles. The SMILES string of the molecule is COCCNC(=O)C(=O)NC[C@@H](c1ccc2c(c1)CCCN2C)N1CCCCC1. The third-order valence-corrected chi connectivity index (χ3v) is 5.92. The van der Waals surface area contributed by atoms with Gasteiger partial charge in [0.05, 0.1) is 12.6 Å². The normalized spacial score (nSPS) is 18.1. The first kappa shape index (κ1) is 21.6. The molecule has 7 nitrogen and oxygen atoms in total. The van der Waals surface area contributed by atoms with E-state index in [0.29, 0.717) is 19.7 Å². The number of ether oxygens (including phenoxy) is 1. The molecule has 1 atom stereocenters. The molecule has 0 radical (unpaired) electrons. The Morgan fingerprint density at radius 3 is 2.59 bits per heavy atom. The van der Waals surface area contributed by atoms with Crippen LogP contribution < -0.4 is 15.5 Å². The summed E-state index contributed by atoms with van der Waals surface area (Å²) in [5, 5.41) is 5.43. The Bertz CT molecular complexity index is 703. The van der Waals surface area contributed by atoms with Gasteiger partial charge in [0.1, 0.15) is 0 Å². The summed E-state index contributed by atoms with van der Waals surface area (Å²) < 4.78 is 4.90. The first-order valence-corrected chi connectivity index (χ1v) is 10.7. The van der Waals surface area contributed by atoms with Gasteiger partial charge in [0.25, 0.3) is 0 Å². The quantitative estimate of drug-likeness (QED) is 0.534. The van der Waals surface area contributed by atoms with Crippen molar-refractivity contribution in [3.63, 3.8) is 0 Å². The molecule has 1 fully saturated rings. The first-order chi connectivity index (χ1) is 14.1. The summed E-state index contributed by atoms with van der Waals surface area (Å²) in [6, 6.07) is 6.78. The van der Waals surface area contributed by atoms with E-state index in [1.54, 1.807) is 7.11 Å². The summed E-state index contributed by atoms with van der Waals surface area (Å²) >= 11 is 0. The molecule has 2 heterocycles. The lowest BCUT2D eigenvalue weighted by Gasteiger charge is -2.36. The van der Waals surface area contributed by atoms with Crippen molar-refractivity contribution in [2.24, 2.45) is 0 Å². The molecule has 1 aromatic carbocycles. The van der Waals surface area contributed by atoms with Crippen LogP contribution >= 0.6 is 0 Å². The highest BCUT2D eigenvalue weighted by atomic mass is 16.5. The van der Waals surface area contributed by atoms with Gasteiger partial charge in [0.15, 0.2) is 0 Å². The number of rotatable bonds is 7. The maximum atomic E-state index is 12.2. The van der Waals surface area contributed by atoms with Gasteiger partial charge in [-0.25, -0.2) is 0 Å². The maximum Gasteiger partial charge on any atom is 0.309 e. The van der Waals surface area contributed by atoms with E-state index >= 15 is 0 Å². The highest BCUT2D eigenvalue weighted by Crippen LogP contribution is 2.31. The molecular formula is C22H34N4O3. The predicted molar refractivity (Wildman–Crippen MR) is 114 cm³/mol. The van der Waals surface area contributed by atoms with E-state index in [1.807, 2.05) is 0 Å². The molecule has 7 heteroatoms. The van der Waals surface area contributed by atoms with E-state index in [1.165, 1.54) is 42.5 Å². The van der Waals surface area contributed by atoms with Crippen molar-refractivity contribution in [1.82, 2.24) is 15.5 Å². The van der Waals surface area contributed by atoms with Crippen molar-refractivity contribution in [2.75, 3.05) is 58.4 Å². The molecule has 1 aromatic rings. The molecule has 3 rings (SSSR count). The molecular weight excluding hydrogens is 368 g/mol. The second kappa shape index (κ2) is 10.6. The number of hydrogen-bond donors (Lipinski definition) is 2. The molecule has 0 bridgehead atoms. The minimum Gasteiger partial charge on any atom is -0.383 e. The number of nitrogens with zero attached hydrogens (tertiary/aromatic N) is 2. The Morgan fingerprint density at radius 2 is 1.83 bits per heavy atom. The van der Waals surface area contributed by atoms with E-state index in [9.17, 15) is 9.59 Å². The van der Waals surface area contributed by atoms with Crippen molar-refractivity contribution in [3.8, 4) is 0 Å². The fourth-order valence-corrected chi connectivity index (χ4v) is 4.32. The number of nitrogens with one attached hydrogen (secondary N) is 2. The lowest BCUT2D eigenvalue weighted by atomic mass is 9.95. The molecule has 0 unspecified atom stereocenters. The second-order valence-corrected chi connectivity index (χ2v) is 7.98. The summed E-state index contributed by atoms with van der Waals surface area (Å²) in [4.78, 5) is 29.0. The summed E-state index contributed by atoms with van der Waals surface area (Å²) in [6.07, 6.45) is 5.87.